The zero-order chi connectivity index (χ0) is 12.8. The van der Waals surface area contributed by atoms with Crippen molar-refractivity contribution in [3.8, 4) is 0 Å². The first-order valence-electron chi connectivity index (χ1n) is 5.68. The molecule has 0 spiro atoms. The fourth-order valence-corrected chi connectivity index (χ4v) is 2.46. The minimum Gasteiger partial charge on any atom is -0.362 e. The highest BCUT2D eigenvalue weighted by Crippen LogP contribution is 2.32. The van der Waals surface area contributed by atoms with Gasteiger partial charge >= 0.3 is 0 Å². The van der Waals surface area contributed by atoms with E-state index < -0.39 is 5.92 Å². The Hall–Kier alpha value is -1.43. The predicted molar refractivity (Wildman–Crippen MR) is 64.4 cm³/mol. The van der Waals surface area contributed by atoms with Gasteiger partial charge in [0.2, 0.25) is 0 Å². The van der Waals surface area contributed by atoms with E-state index >= 15 is 0 Å². The third-order valence-electron chi connectivity index (χ3n) is 3.04. The lowest BCUT2D eigenvalue weighted by atomic mass is 10.1. The first kappa shape index (κ1) is 11.6. The molecule has 0 amide bonds. The fourth-order valence-electron chi connectivity index (χ4n) is 2.27. The SMILES string of the molecule is FC1(F)CCCN(c2cc(Cl)nn3ccnc23)C1. The molecular weight excluding hydrogens is 262 g/mol. The van der Waals surface area contributed by atoms with Crippen LogP contribution in [0.1, 0.15) is 12.8 Å². The zero-order valence-electron chi connectivity index (χ0n) is 9.48. The molecule has 0 unspecified atom stereocenters. The number of rotatable bonds is 1. The van der Waals surface area contributed by atoms with Gasteiger partial charge in [-0.05, 0) is 6.42 Å². The maximum Gasteiger partial charge on any atom is 0.265 e. The fraction of sp³-hybridized carbons (Fsp3) is 0.455. The van der Waals surface area contributed by atoms with Crippen LogP contribution < -0.4 is 4.90 Å². The summed E-state index contributed by atoms with van der Waals surface area (Å²) in [5, 5.41) is 4.30. The minimum atomic E-state index is -2.66. The minimum absolute atomic E-state index is 0.0625. The topological polar surface area (TPSA) is 33.4 Å². The van der Waals surface area contributed by atoms with Crippen molar-refractivity contribution in [1.29, 1.82) is 0 Å². The lowest BCUT2D eigenvalue weighted by Gasteiger charge is -2.34. The second kappa shape index (κ2) is 4.05. The van der Waals surface area contributed by atoms with Gasteiger partial charge < -0.3 is 4.90 Å². The number of nitrogens with zero attached hydrogens (tertiary/aromatic N) is 4. The van der Waals surface area contributed by atoms with Crippen LogP contribution in [0.3, 0.4) is 0 Å². The molecule has 0 N–H and O–H groups in total. The van der Waals surface area contributed by atoms with Gasteiger partial charge in [-0.25, -0.2) is 18.3 Å². The molecule has 0 aromatic carbocycles. The Morgan fingerprint density at radius 3 is 3.00 bits per heavy atom. The van der Waals surface area contributed by atoms with Crippen molar-refractivity contribution >= 4 is 22.9 Å². The first-order valence-corrected chi connectivity index (χ1v) is 6.06. The molecule has 0 radical (unpaired) electrons. The normalized spacial score (nSPS) is 19.4. The summed E-state index contributed by atoms with van der Waals surface area (Å²) in [7, 11) is 0. The molecule has 0 bridgehead atoms. The molecule has 2 aromatic rings. The second-order valence-corrected chi connectivity index (χ2v) is 4.82. The lowest BCUT2D eigenvalue weighted by molar-refractivity contribution is -0.0116. The van der Waals surface area contributed by atoms with Gasteiger partial charge in [0.1, 0.15) is 0 Å². The number of halogens is 3. The van der Waals surface area contributed by atoms with Gasteiger partial charge in [-0.2, -0.15) is 5.10 Å². The number of hydrogen-bond donors (Lipinski definition) is 0. The molecule has 2 aromatic heterocycles. The van der Waals surface area contributed by atoms with Crippen LogP contribution in [0, 0.1) is 0 Å². The zero-order valence-corrected chi connectivity index (χ0v) is 10.2. The standard InChI is InChI=1S/C11H11ClF2N4/c12-9-6-8(10-15-3-5-18(10)16-9)17-4-1-2-11(13,14)7-17/h3,5-6H,1-2,4,7H2. The van der Waals surface area contributed by atoms with E-state index in [0.717, 1.165) is 0 Å². The Bertz CT molecular complexity index is 583. The van der Waals surface area contributed by atoms with E-state index in [1.165, 1.54) is 4.52 Å². The van der Waals surface area contributed by atoms with Crippen LogP contribution in [-0.4, -0.2) is 33.6 Å². The van der Waals surface area contributed by atoms with Crippen LogP contribution in [0.5, 0.6) is 0 Å². The van der Waals surface area contributed by atoms with Crippen molar-refractivity contribution < 1.29 is 8.78 Å². The van der Waals surface area contributed by atoms with Gasteiger partial charge in [0.05, 0.1) is 12.2 Å². The van der Waals surface area contributed by atoms with Crippen molar-refractivity contribution in [1.82, 2.24) is 14.6 Å². The second-order valence-electron chi connectivity index (χ2n) is 4.43. The van der Waals surface area contributed by atoms with Gasteiger partial charge in [0.25, 0.3) is 5.92 Å². The Morgan fingerprint density at radius 2 is 2.22 bits per heavy atom. The van der Waals surface area contributed by atoms with E-state index in [-0.39, 0.29) is 18.1 Å². The number of aromatic nitrogens is 3. The summed E-state index contributed by atoms with van der Waals surface area (Å²) in [6.45, 7) is 0.286. The average molecular weight is 273 g/mol. The number of anilines is 1. The van der Waals surface area contributed by atoms with E-state index in [4.69, 9.17) is 11.6 Å². The highest BCUT2D eigenvalue weighted by atomic mass is 35.5. The van der Waals surface area contributed by atoms with Crippen LogP contribution in [0.2, 0.25) is 5.15 Å². The Balaban J connectivity index is 2.05. The molecule has 96 valence electrons. The maximum absolute atomic E-state index is 13.4. The van der Waals surface area contributed by atoms with E-state index in [0.29, 0.717) is 24.3 Å². The van der Waals surface area contributed by atoms with Crippen molar-refractivity contribution in [3.63, 3.8) is 0 Å². The predicted octanol–water partition coefficient (Wildman–Crippen LogP) is 2.62. The van der Waals surface area contributed by atoms with E-state index in [9.17, 15) is 8.78 Å². The number of fused-ring (bicyclic) bond motifs is 1. The molecule has 18 heavy (non-hydrogen) atoms. The largest absolute Gasteiger partial charge is 0.362 e. The molecule has 1 aliphatic rings. The monoisotopic (exact) mass is 272 g/mol. The van der Waals surface area contributed by atoms with Gasteiger partial charge in [-0.3, -0.25) is 0 Å². The van der Waals surface area contributed by atoms with Crippen LogP contribution >= 0.6 is 11.6 Å². The van der Waals surface area contributed by atoms with E-state index in [1.54, 1.807) is 23.4 Å². The molecule has 0 atom stereocenters. The quantitative estimate of drug-likeness (QED) is 0.800. The van der Waals surface area contributed by atoms with Crippen LogP contribution in [-0.2, 0) is 0 Å². The Kier molecular flexibility index (Phi) is 2.62. The van der Waals surface area contributed by atoms with Gasteiger partial charge in [-0.15, -0.1) is 0 Å². The van der Waals surface area contributed by atoms with E-state index in [1.807, 2.05) is 0 Å². The van der Waals surface area contributed by atoms with Gasteiger partial charge in [0, 0.05) is 31.4 Å². The Labute approximate surface area is 107 Å². The van der Waals surface area contributed by atoms with Crippen LogP contribution in [0.15, 0.2) is 18.5 Å². The summed E-state index contributed by atoms with van der Waals surface area (Å²) in [6, 6.07) is 1.59. The number of imidazole rings is 1. The van der Waals surface area contributed by atoms with Gasteiger partial charge in [-0.1, -0.05) is 11.6 Å². The number of alkyl halides is 2. The maximum atomic E-state index is 13.4. The number of piperidine rings is 1. The van der Waals surface area contributed by atoms with Crippen LogP contribution in [0.25, 0.3) is 5.65 Å². The molecule has 1 fully saturated rings. The van der Waals surface area contributed by atoms with Crippen molar-refractivity contribution in [3.05, 3.63) is 23.6 Å². The summed E-state index contributed by atoms with van der Waals surface area (Å²) in [4.78, 5) is 5.76. The first-order chi connectivity index (χ1) is 8.55. The highest BCUT2D eigenvalue weighted by Gasteiger charge is 2.36. The summed E-state index contributed by atoms with van der Waals surface area (Å²) < 4.78 is 28.4. The molecule has 3 rings (SSSR count). The van der Waals surface area contributed by atoms with Crippen LogP contribution in [0.4, 0.5) is 14.5 Å². The molecule has 0 aliphatic carbocycles. The average Bonchev–Trinajstić information content (AvgIpc) is 2.74. The molecule has 3 heterocycles. The van der Waals surface area contributed by atoms with Gasteiger partial charge in [0.15, 0.2) is 10.8 Å². The molecule has 4 nitrogen and oxygen atoms in total. The molecule has 7 heteroatoms. The lowest BCUT2D eigenvalue weighted by Crippen LogP contribution is -2.42. The van der Waals surface area contributed by atoms with Crippen molar-refractivity contribution in [2.45, 2.75) is 18.8 Å². The summed E-state index contributed by atoms with van der Waals surface area (Å²) in [5.74, 6) is -2.66. The molecule has 1 saturated heterocycles. The summed E-state index contributed by atoms with van der Waals surface area (Å²) in [6.07, 6.45) is 3.61. The van der Waals surface area contributed by atoms with Crippen molar-refractivity contribution in [2.24, 2.45) is 0 Å². The summed E-state index contributed by atoms with van der Waals surface area (Å²) >= 11 is 5.90. The number of hydrogen-bond acceptors (Lipinski definition) is 3. The van der Waals surface area contributed by atoms with Crippen molar-refractivity contribution in [2.75, 3.05) is 18.0 Å². The highest BCUT2D eigenvalue weighted by molar-refractivity contribution is 6.29. The van der Waals surface area contributed by atoms with E-state index in [2.05, 4.69) is 10.1 Å². The molecular formula is C11H11ClF2N4. The third-order valence-corrected chi connectivity index (χ3v) is 3.23. The summed E-state index contributed by atoms with van der Waals surface area (Å²) in [5.41, 5.74) is 1.16. The Morgan fingerprint density at radius 1 is 1.39 bits per heavy atom. The molecule has 0 saturated carbocycles. The third kappa shape index (κ3) is 2.01. The molecule has 1 aliphatic heterocycles. The smallest absolute Gasteiger partial charge is 0.265 e.